The Kier molecular flexibility index (Phi) is 4.28. The second-order valence-corrected chi connectivity index (χ2v) is 5.29. The van der Waals surface area contributed by atoms with E-state index in [0.717, 1.165) is 10.8 Å². The van der Waals surface area contributed by atoms with Crippen LogP contribution in [0.25, 0.3) is 0 Å². The first-order valence-electron chi connectivity index (χ1n) is 6.39. The Hall–Kier alpha value is -1.55. The highest BCUT2D eigenvalue weighted by Crippen LogP contribution is 2.31. The van der Waals surface area contributed by atoms with Crippen LogP contribution in [0.4, 0.5) is 4.39 Å². The number of rotatable bonds is 4. The first-order chi connectivity index (χ1) is 9.71. The lowest BCUT2D eigenvalue weighted by molar-refractivity contribution is -0.216. The second kappa shape index (κ2) is 5.68. The average Bonchev–Trinajstić information content (AvgIpc) is 2.74. The Morgan fingerprint density at radius 3 is 2.81 bits per heavy atom. The molecule has 8 nitrogen and oxygen atoms in total. The predicted octanol–water partition coefficient (Wildman–Crippen LogP) is -0.931. The van der Waals surface area contributed by atoms with Gasteiger partial charge in [-0.25, -0.2) is 4.79 Å². The number of hydrogen-bond acceptors (Lipinski definition) is 6. The maximum absolute atomic E-state index is 13.3. The Balaban J connectivity index is 2.25. The average molecular weight is 304 g/mol. The van der Waals surface area contributed by atoms with E-state index in [4.69, 9.17) is 9.47 Å². The zero-order chi connectivity index (χ0) is 15.8. The van der Waals surface area contributed by atoms with Gasteiger partial charge in [0.25, 0.3) is 5.56 Å². The monoisotopic (exact) mass is 304 g/mol. The largest absolute Gasteiger partial charge is 0.394 e. The van der Waals surface area contributed by atoms with E-state index in [1.807, 2.05) is 4.98 Å². The fourth-order valence-corrected chi connectivity index (χ4v) is 2.20. The summed E-state index contributed by atoms with van der Waals surface area (Å²) in [5.74, 6) is -2.57. The van der Waals surface area contributed by atoms with Gasteiger partial charge in [0.1, 0.15) is 12.3 Å². The molecule has 118 valence electrons. The molecule has 1 aromatic rings. The van der Waals surface area contributed by atoms with Crippen LogP contribution >= 0.6 is 0 Å². The highest BCUT2D eigenvalue weighted by molar-refractivity contribution is 4.91. The van der Waals surface area contributed by atoms with Gasteiger partial charge in [0.2, 0.25) is 5.82 Å². The standard InChI is InChI=1S/C12H17FN2O6/c1-12(2,19)21-7-3-9(20-8(7)5-16)15-4-6(13)10(17)14-11(15)18/h4,7-9,16,19H,3,5H2,1-2H3,(H,14,17,18)/t7-,8-,9-/m1/s1. The zero-order valence-electron chi connectivity index (χ0n) is 11.6. The van der Waals surface area contributed by atoms with Gasteiger partial charge >= 0.3 is 5.69 Å². The molecule has 1 aliphatic rings. The van der Waals surface area contributed by atoms with E-state index >= 15 is 0 Å². The molecule has 0 spiro atoms. The van der Waals surface area contributed by atoms with Crippen LogP contribution in [-0.2, 0) is 9.47 Å². The highest BCUT2D eigenvalue weighted by Gasteiger charge is 2.39. The van der Waals surface area contributed by atoms with Crippen molar-refractivity contribution in [2.24, 2.45) is 0 Å². The van der Waals surface area contributed by atoms with Crippen molar-refractivity contribution in [3.05, 3.63) is 32.9 Å². The lowest BCUT2D eigenvalue weighted by atomic mass is 10.1. The van der Waals surface area contributed by atoms with Gasteiger partial charge in [0.05, 0.1) is 18.9 Å². The predicted molar refractivity (Wildman–Crippen MR) is 68.1 cm³/mol. The van der Waals surface area contributed by atoms with Crippen molar-refractivity contribution < 1.29 is 24.1 Å². The van der Waals surface area contributed by atoms with Gasteiger partial charge in [-0.2, -0.15) is 4.39 Å². The molecular formula is C12H17FN2O6. The van der Waals surface area contributed by atoms with Crippen LogP contribution in [0.3, 0.4) is 0 Å². The molecule has 0 bridgehead atoms. The number of aromatic amines is 1. The Morgan fingerprint density at radius 1 is 1.57 bits per heavy atom. The summed E-state index contributed by atoms with van der Waals surface area (Å²) in [5, 5.41) is 18.9. The summed E-state index contributed by atoms with van der Waals surface area (Å²) >= 11 is 0. The number of nitrogens with zero attached hydrogens (tertiary/aromatic N) is 1. The minimum absolute atomic E-state index is 0.112. The molecule has 1 aromatic heterocycles. The molecule has 3 N–H and O–H groups in total. The molecule has 0 aromatic carbocycles. The molecule has 21 heavy (non-hydrogen) atoms. The molecule has 0 aliphatic carbocycles. The molecule has 1 aliphatic heterocycles. The van der Waals surface area contributed by atoms with Crippen molar-refractivity contribution in [3.8, 4) is 0 Å². The van der Waals surface area contributed by atoms with Crippen molar-refractivity contribution in [2.45, 2.75) is 44.5 Å². The van der Waals surface area contributed by atoms with Gasteiger partial charge in [0.15, 0.2) is 5.79 Å². The van der Waals surface area contributed by atoms with Gasteiger partial charge in [0, 0.05) is 6.42 Å². The van der Waals surface area contributed by atoms with Gasteiger partial charge in [-0.3, -0.25) is 14.3 Å². The lowest BCUT2D eigenvalue weighted by Gasteiger charge is -2.25. The molecule has 0 unspecified atom stereocenters. The van der Waals surface area contributed by atoms with Crippen LogP contribution in [0.15, 0.2) is 15.8 Å². The quantitative estimate of drug-likeness (QED) is 0.619. The van der Waals surface area contributed by atoms with Crippen LogP contribution in [-0.4, -0.2) is 44.4 Å². The van der Waals surface area contributed by atoms with E-state index in [0.29, 0.717) is 0 Å². The summed E-state index contributed by atoms with van der Waals surface area (Å²) in [6.45, 7) is 2.44. The molecule has 0 radical (unpaired) electrons. The van der Waals surface area contributed by atoms with E-state index in [1.165, 1.54) is 13.8 Å². The minimum atomic E-state index is -1.45. The molecule has 2 rings (SSSR count). The molecule has 0 saturated carbocycles. The number of hydrogen-bond donors (Lipinski definition) is 3. The number of aliphatic hydroxyl groups is 2. The summed E-state index contributed by atoms with van der Waals surface area (Å²) in [4.78, 5) is 24.5. The summed E-state index contributed by atoms with van der Waals surface area (Å²) < 4.78 is 24.9. The number of aromatic nitrogens is 2. The first-order valence-corrected chi connectivity index (χ1v) is 6.39. The minimum Gasteiger partial charge on any atom is -0.394 e. The van der Waals surface area contributed by atoms with E-state index in [9.17, 15) is 24.2 Å². The third-order valence-corrected chi connectivity index (χ3v) is 3.03. The van der Waals surface area contributed by atoms with Crippen LogP contribution in [0.5, 0.6) is 0 Å². The van der Waals surface area contributed by atoms with Gasteiger partial charge in [-0.05, 0) is 13.8 Å². The van der Waals surface area contributed by atoms with Crippen molar-refractivity contribution in [2.75, 3.05) is 6.61 Å². The van der Waals surface area contributed by atoms with Crippen molar-refractivity contribution in [1.82, 2.24) is 9.55 Å². The fourth-order valence-electron chi connectivity index (χ4n) is 2.20. The van der Waals surface area contributed by atoms with Crippen LogP contribution in [0.1, 0.15) is 26.5 Å². The van der Waals surface area contributed by atoms with E-state index in [-0.39, 0.29) is 6.42 Å². The van der Waals surface area contributed by atoms with Crippen molar-refractivity contribution >= 4 is 0 Å². The van der Waals surface area contributed by atoms with E-state index in [2.05, 4.69) is 0 Å². The smallest absolute Gasteiger partial charge is 0.330 e. The number of halogens is 1. The van der Waals surface area contributed by atoms with Gasteiger partial charge < -0.3 is 19.7 Å². The first kappa shape index (κ1) is 15.8. The number of H-pyrrole nitrogens is 1. The number of ether oxygens (including phenoxy) is 2. The second-order valence-electron chi connectivity index (χ2n) is 5.29. The number of aliphatic hydroxyl groups excluding tert-OH is 1. The maximum Gasteiger partial charge on any atom is 0.330 e. The van der Waals surface area contributed by atoms with Crippen molar-refractivity contribution in [1.29, 1.82) is 0 Å². The Bertz CT molecular complexity index is 619. The van der Waals surface area contributed by atoms with Crippen LogP contribution in [0.2, 0.25) is 0 Å². The maximum atomic E-state index is 13.3. The SMILES string of the molecule is CC(C)(O)O[C@@H]1C[C@H](n2cc(F)c(=O)[nH]c2=O)O[C@@H]1CO. The molecule has 3 atom stereocenters. The number of nitrogens with one attached hydrogen (secondary N) is 1. The highest BCUT2D eigenvalue weighted by atomic mass is 19.1. The van der Waals surface area contributed by atoms with Gasteiger partial charge in [-0.1, -0.05) is 0 Å². The third kappa shape index (κ3) is 3.56. The Morgan fingerprint density at radius 2 is 2.24 bits per heavy atom. The van der Waals surface area contributed by atoms with Crippen molar-refractivity contribution in [3.63, 3.8) is 0 Å². The topological polar surface area (TPSA) is 114 Å². The fraction of sp³-hybridized carbons (Fsp3) is 0.667. The molecule has 2 heterocycles. The van der Waals surface area contributed by atoms with E-state index < -0.39 is 47.9 Å². The summed E-state index contributed by atoms with van der Waals surface area (Å²) in [6, 6.07) is 0. The zero-order valence-corrected chi connectivity index (χ0v) is 11.6. The summed E-state index contributed by atoms with van der Waals surface area (Å²) in [5.41, 5.74) is -1.94. The molecule has 9 heteroatoms. The summed E-state index contributed by atoms with van der Waals surface area (Å²) in [6.07, 6.45) is -1.51. The van der Waals surface area contributed by atoms with E-state index in [1.54, 1.807) is 0 Å². The van der Waals surface area contributed by atoms with Crippen LogP contribution in [0, 0.1) is 5.82 Å². The molecular weight excluding hydrogens is 287 g/mol. The van der Waals surface area contributed by atoms with Gasteiger partial charge in [-0.15, -0.1) is 0 Å². The molecule has 1 saturated heterocycles. The summed E-state index contributed by atoms with van der Waals surface area (Å²) in [7, 11) is 0. The lowest BCUT2D eigenvalue weighted by Crippen LogP contribution is -2.36. The normalized spacial score (nSPS) is 26.2. The molecule has 1 fully saturated rings. The third-order valence-electron chi connectivity index (χ3n) is 3.03. The molecule has 0 amide bonds. The Labute approximate surface area is 118 Å². The van der Waals surface area contributed by atoms with Crippen LogP contribution < -0.4 is 11.2 Å².